The fourth-order valence-electron chi connectivity index (χ4n) is 1.60. The molecule has 0 saturated heterocycles. The average molecular weight is 216 g/mol. The minimum atomic E-state index is -0.147. The number of hydrogen-bond donors (Lipinski definition) is 1. The van der Waals surface area contributed by atoms with E-state index in [1.165, 1.54) is 18.9 Å². The Morgan fingerprint density at radius 2 is 2.07 bits per heavy atom. The van der Waals surface area contributed by atoms with E-state index in [2.05, 4.69) is 0 Å². The van der Waals surface area contributed by atoms with Crippen molar-refractivity contribution in [2.24, 2.45) is 11.7 Å². The Bertz CT molecular complexity index is 323. The van der Waals surface area contributed by atoms with Gasteiger partial charge in [-0.25, -0.2) is 4.39 Å². The van der Waals surface area contributed by atoms with Crippen LogP contribution in [0.1, 0.15) is 30.0 Å². The van der Waals surface area contributed by atoms with Crippen molar-refractivity contribution in [2.45, 2.75) is 25.8 Å². The third-order valence-electron chi connectivity index (χ3n) is 2.70. The van der Waals surface area contributed by atoms with E-state index in [0.29, 0.717) is 11.5 Å². The third kappa shape index (κ3) is 2.25. The zero-order valence-electron chi connectivity index (χ0n) is 8.16. The van der Waals surface area contributed by atoms with Crippen molar-refractivity contribution < 1.29 is 4.39 Å². The van der Waals surface area contributed by atoms with E-state index >= 15 is 0 Å². The highest BCUT2D eigenvalue weighted by molar-refractivity contribution is 5.85. The fourth-order valence-corrected chi connectivity index (χ4v) is 1.60. The molecule has 0 radical (unpaired) electrons. The number of aryl methyl sites for hydroxylation is 1. The van der Waals surface area contributed by atoms with Crippen molar-refractivity contribution in [3.63, 3.8) is 0 Å². The molecule has 1 fully saturated rings. The molecule has 78 valence electrons. The van der Waals surface area contributed by atoms with Gasteiger partial charge in [-0.05, 0) is 42.9 Å². The van der Waals surface area contributed by atoms with Gasteiger partial charge in [0.05, 0.1) is 0 Å². The van der Waals surface area contributed by atoms with Crippen molar-refractivity contribution in [1.82, 2.24) is 0 Å². The fraction of sp³-hybridized carbons (Fsp3) is 0.455. The molecule has 0 unspecified atom stereocenters. The molecule has 1 aromatic carbocycles. The summed E-state index contributed by atoms with van der Waals surface area (Å²) >= 11 is 0. The number of hydrogen-bond acceptors (Lipinski definition) is 1. The van der Waals surface area contributed by atoms with Gasteiger partial charge in [0, 0.05) is 6.04 Å². The van der Waals surface area contributed by atoms with Gasteiger partial charge in [0.25, 0.3) is 0 Å². The molecule has 0 spiro atoms. The maximum absolute atomic E-state index is 12.9. The van der Waals surface area contributed by atoms with Crippen molar-refractivity contribution in [3.8, 4) is 0 Å². The van der Waals surface area contributed by atoms with Crippen molar-refractivity contribution in [1.29, 1.82) is 0 Å². The monoisotopic (exact) mass is 215 g/mol. The lowest BCUT2D eigenvalue weighted by Gasteiger charge is -2.11. The normalized spacial score (nSPS) is 17.4. The largest absolute Gasteiger partial charge is 0.324 e. The van der Waals surface area contributed by atoms with Crippen LogP contribution in [0.4, 0.5) is 4.39 Å². The summed E-state index contributed by atoms with van der Waals surface area (Å²) in [5.41, 5.74) is 7.76. The Kier molecular flexibility index (Phi) is 3.51. The Labute approximate surface area is 89.9 Å². The van der Waals surface area contributed by atoms with Crippen LogP contribution in [0.15, 0.2) is 18.2 Å². The molecule has 1 aliphatic carbocycles. The Morgan fingerprint density at radius 3 is 2.57 bits per heavy atom. The van der Waals surface area contributed by atoms with Gasteiger partial charge in [0.15, 0.2) is 0 Å². The van der Waals surface area contributed by atoms with Crippen molar-refractivity contribution in [3.05, 3.63) is 35.1 Å². The first-order valence-corrected chi connectivity index (χ1v) is 4.70. The zero-order chi connectivity index (χ0) is 9.42. The molecule has 2 N–H and O–H groups in total. The predicted molar refractivity (Wildman–Crippen MR) is 58.0 cm³/mol. The number of nitrogens with two attached hydrogens (primary N) is 1. The predicted octanol–water partition coefficient (Wildman–Crippen LogP) is 2.97. The van der Waals surface area contributed by atoms with E-state index in [0.717, 1.165) is 5.56 Å². The Morgan fingerprint density at radius 1 is 1.43 bits per heavy atom. The van der Waals surface area contributed by atoms with Gasteiger partial charge in [-0.15, -0.1) is 12.4 Å². The van der Waals surface area contributed by atoms with E-state index in [9.17, 15) is 4.39 Å². The summed E-state index contributed by atoms with van der Waals surface area (Å²) in [7, 11) is 0. The van der Waals surface area contributed by atoms with E-state index in [-0.39, 0.29) is 24.3 Å². The first-order chi connectivity index (χ1) is 6.18. The number of halogens is 2. The molecular formula is C11H15ClFN. The molecule has 1 nitrogen and oxygen atoms in total. The van der Waals surface area contributed by atoms with Gasteiger partial charge in [-0.3, -0.25) is 0 Å². The first-order valence-electron chi connectivity index (χ1n) is 4.70. The van der Waals surface area contributed by atoms with Crippen LogP contribution >= 0.6 is 12.4 Å². The second kappa shape index (κ2) is 4.28. The summed E-state index contributed by atoms with van der Waals surface area (Å²) in [4.78, 5) is 0. The third-order valence-corrected chi connectivity index (χ3v) is 2.70. The molecule has 0 amide bonds. The van der Waals surface area contributed by atoms with Gasteiger partial charge in [0.2, 0.25) is 0 Å². The quantitative estimate of drug-likeness (QED) is 0.807. The smallest absolute Gasteiger partial charge is 0.126 e. The molecule has 1 aliphatic rings. The Hall–Kier alpha value is -0.600. The minimum absolute atomic E-state index is 0. The summed E-state index contributed by atoms with van der Waals surface area (Å²) in [6.45, 7) is 1.78. The highest BCUT2D eigenvalue weighted by Crippen LogP contribution is 2.39. The molecule has 0 heterocycles. The van der Waals surface area contributed by atoms with E-state index in [4.69, 9.17) is 5.73 Å². The average Bonchev–Trinajstić information content (AvgIpc) is 2.91. The van der Waals surface area contributed by atoms with Crippen molar-refractivity contribution in [2.75, 3.05) is 0 Å². The van der Waals surface area contributed by atoms with E-state index < -0.39 is 0 Å². The number of rotatable bonds is 2. The molecule has 1 aromatic rings. The SMILES string of the molecule is Cc1cc([C@@H](N)C2CC2)ccc1F.Cl. The van der Waals surface area contributed by atoms with E-state index in [1.54, 1.807) is 13.0 Å². The molecule has 0 aliphatic heterocycles. The summed E-state index contributed by atoms with van der Waals surface area (Å²) in [5, 5.41) is 0. The summed E-state index contributed by atoms with van der Waals surface area (Å²) in [5.74, 6) is 0.483. The minimum Gasteiger partial charge on any atom is -0.324 e. The second-order valence-corrected chi connectivity index (χ2v) is 3.87. The zero-order valence-corrected chi connectivity index (χ0v) is 8.98. The first kappa shape index (κ1) is 11.5. The molecule has 3 heteroatoms. The highest BCUT2D eigenvalue weighted by Gasteiger charge is 2.29. The molecule has 14 heavy (non-hydrogen) atoms. The molecule has 2 rings (SSSR count). The lowest BCUT2D eigenvalue weighted by atomic mass is 10.0. The van der Waals surface area contributed by atoms with Crippen LogP contribution in [-0.2, 0) is 0 Å². The maximum Gasteiger partial charge on any atom is 0.126 e. The van der Waals surface area contributed by atoms with Crippen LogP contribution in [0, 0.1) is 18.7 Å². The molecule has 1 saturated carbocycles. The van der Waals surface area contributed by atoms with Crippen LogP contribution in [0.25, 0.3) is 0 Å². The van der Waals surface area contributed by atoms with E-state index in [1.807, 2.05) is 6.07 Å². The van der Waals surface area contributed by atoms with Gasteiger partial charge in [0.1, 0.15) is 5.82 Å². The highest BCUT2D eigenvalue weighted by atomic mass is 35.5. The van der Waals surface area contributed by atoms with Crippen LogP contribution < -0.4 is 5.73 Å². The molecular weight excluding hydrogens is 201 g/mol. The molecule has 0 bridgehead atoms. The second-order valence-electron chi connectivity index (χ2n) is 3.87. The van der Waals surface area contributed by atoms with Gasteiger partial charge >= 0.3 is 0 Å². The van der Waals surface area contributed by atoms with Crippen LogP contribution in [0.3, 0.4) is 0 Å². The topological polar surface area (TPSA) is 26.0 Å². The van der Waals surface area contributed by atoms with Crippen LogP contribution in [0.5, 0.6) is 0 Å². The standard InChI is InChI=1S/C11H14FN.ClH/c1-7-6-9(4-5-10(7)12)11(13)8-2-3-8;/h4-6,8,11H,2-3,13H2,1H3;1H/t11-;/m0./s1. The molecule has 0 aromatic heterocycles. The van der Waals surface area contributed by atoms with Gasteiger partial charge in [-0.1, -0.05) is 12.1 Å². The number of benzene rings is 1. The lowest BCUT2D eigenvalue weighted by Crippen LogP contribution is -2.12. The van der Waals surface area contributed by atoms with Crippen molar-refractivity contribution >= 4 is 12.4 Å². The van der Waals surface area contributed by atoms with Gasteiger partial charge < -0.3 is 5.73 Å². The summed E-state index contributed by atoms with van der Waals surface area (Å²) in [6, 6.07) is 5.27. The lowest BCUT2D eigenvalue weighted by molar-refractivity contribution is 0.605. The summed E-state index contributed by atoms with van der Waals surface area (Å²) < 4.78 is 12.9. The summed E-state index contributed by atoms with van der Waals surface area (Å²) in [6.07, 6.45) is 2.44. The molecule has 1 atom stereocenters. The Balaban J connectivity index is 0.000000980. The van der Waals surface area contributed by atoms with Gasteiger partial charge in [-0.2, -0.15) is 0 Å². The van der Waals surface area contributed by atoms with Crippen LogP contribution in [-0.4, -0.2) is 0 Å². The van der Waals surface area contributed by atoms with Crippen LogP contribution in [0.2, 0.25) is 0 Å². The maximum atomic E-state index is 12.9.